The molecule has 2 aromatic rings. The van der Waals surface area contributed by atoms with Crippen LogP contribution < -0.4 is 5.32 Å². The summed E-state index contributed by atoms with van der Waals surface area (Å²) in [7, 11) is 0. The van der Waals surface area contributed by atoms with Gasteiger partial charge in [-0.25, -0.2) is 13.6 Å². The van der Waals surface area contributed by atoms with Crippen LogP contribution >= 0.6 is 0 Å². The second-order valence-electron chi connectivity index (χ2n) is 4.00. The summed E-state index contributed by atoms with van der Waals surface area (Å²) < 4.78 is 31.1. The number of aromatic carboxylic acids is 1. The van der Waals surface area contributed by atoms with Crippen molar-refractivity contribution in [2.45, 2.75) is 6.92 Å². The number of anilines is 1. The number of hydrogen-bond donors (Lipinski definition) is 2. The van der Waals surface area contributed by atoms with E-state index in [4.69, 9.17) is 9.52 Å². The predicted octanol–water partition coefficient (Wildman–Crippen LogP) is 2.82. The fraction of sp³-hybridized carbons (Fsp3) is 0.0769. The Morgan fingerprint density at radius 1 is 1.25 bits per heavy atom. The van der Waals surface area contributed by atoms with Crippen molar-refractivity contribution in [3.05, 3.63) is 53.0 Å². The van der Waals surface area contributed by atoms with Crippen molar-refractivity contribution in [2.75, 3.05) is 5.32 Å². The van der Waals surface area contributed by atoms with E-state index in [0.29, 0.717) is 17.7 Å². The minimum atomic E-state index is -1.49. The van der Waals surface area contributed by atoms with E-state index in [1.807, 2.05) is 0 Å². The quantitative estimate of drug-likeness (QED) is 0.906. The minimum absolute atomic E-state index is 0.0360. The lowest BCUT2D eigenvalue weighted by Crippen LogP contribution is -2.15. The van der Waals surface area contributed by atoms with E-state index in [-0.39, 0.29) is 11.4 Å². The Kier molecular flexibility index (Phi) is 3.51. The lowest BCUT2D eigenvalue weighted by Gasteiger charge is -2.08. The van der Waals surface area contributed by atoms with Gasteiger partial charge in [0, 0.05) is 11.6 Å². The molecule has 7 heteroatoms. The number of nitrogens with one attached hydrogen (secondary N) is 1. The number of carbonyl (C=O) groups is 2. The number of rotatable bonds is 3. The smallest absolute Gasteiger partial charge is 0.337 e. The maximum Gasteiger partial charge on any atom is 0.337 e. The standard InChI is InChI=1S/C13H9F2NO4/c1-6-2-3-20-11(6)12(17)16-10-5-9(15)8(14)4-7(10)13(18)19/h2-5H,1H3,(H,16,17)(H,18,19). The molecule has 2 rings (SSSR count). The van der Waals surface area contributed by atoms with Gasteiger partial charge in [0.2, 0.25) is 0 Å². The number of benzene rings is 1. The molecule has 0 aliphatic carbocycles. The van der Waals surface area contributed by atoms with Crippen LogP contribution in [0.2, 0.25) is 0 Å². The van der Waals surface area contributed by atoms with Gasteiger partial charge in [-0.05, 0) is 19.1 Å². The number of carboxylic acids is 1. The maximum absolute atomic E-state index is 13.2. The van der Waals surface area contributed by atoms with Gasteiger partial charge in [0.1, 0.15) is 0 Å². The maximum atomic E-state index is 13.2. The molecule has 1 aromatic heterocycles. The lowest BCUT2D eigenvalue weighted by molar-refractivity contribution is 0.0697. The first-order chi connectivity index (χ1) is 9.40. The molecule has 0 saturated heterocycles. The summed E-state index contributed by atoms with van der Waals surface area (Å²) in [6.07, 6.45) is 1.29. The summed E-state index contributed by atoms with van der Waals surface area (Å²) in [5.41, 5.74) is -0.374. The van der Waals surface area contributed by atoms with Gasteiger partial charge in [0.05, 0.1) is 17.5 Å². The van der Waals surface area contributed by atoms with Gasteiger partial charge in [-0.1, -0.05) is 0 Å². The summed E-state index contributed by atoms with van der Waals surface area (Å²) in [5.74, 6) is -4.85. The fourth-order valence-electron chi connectivity index (χ4n) is 1.61. The number of hydrogen-bond acceptors (Lipinski definition) is 3. The molecule has 0 unspecified atom stereocenters. The molecule has 5 nitrogen and oxygen atoms in total. The monoisotopic (exact) mass is 281 g/mol. The van der Waals surface area contributed by atoms with Crippen molar-refractivity contribution in [2.24, 2.45) is 0 Å². The van der Waals surface area contributed by atoms with Crippen molar-refractivity contribution < 1.29 is 27.9 Å². The Hall–Kier alpha value is -2.70. The Labute approximate surface area is 111 Å². The summed E-state index contributed by atoms with van der Waals surface area (Å²) in [6.45, 7) is 1.61. The Morgan fingerprint density at radius 2 is 1.90 bits per heavy atom. The third-order valence-corrected chi connectivity index (χ3v) is 2.61. The molecule has 0 saturated carbocycles. The summed E-state index contributed by atoms with van der Waals surface area (Å²) in [5, 5.41) is 11.1. The molecule has 0 aliphatic heterocycles. The number of carbonyl (C=O) groups excluding carboxylic acids is 1. The summed E-state index contributed by atoms with van der Waals surface area (Å²) >= 11 is 0. The second kappa shape index (κ2) is 5.12. The van der Waals surface area contributed by atoms with Crippen LogP contribution in [0.25, 0.3) is 0 Å². The zero-order valence-electron chi connectivity index (χ0n) is 10.2. The van der Waals surface area contributed by atoms with Gasteiger partial charge < -0.3 is 14.8 Å². The molecular weight excluding hydrogens is 272 g/mol. The third kappa shape index (κ3) is 2.51. The van der Waals surface area contributed by atoms with Crippen molar-refractivity contribution >= 4 is 17.6 Å². The zero-order valence-corrected chi connectivity index (χ0v) is 10.2. The average molecular weight is 281 g/mol. The van der Waals surface area contributed by atoms with Crippen LogP contribution in [-0.4, -0.2) is 17.0 Å². The third-order valence-electron chi connectivity index (χ3n) is 2.61. The highest BCUT2D eigenvalue weighted by Crippen LogP contribution is 2.21. The highest BCUT2D eigenvalue weighted by Gasteiger charge is 2.19. The van der Waals surface area contributed by atoms with Gasteiger partial charge in [0.15, 0.2) is 17.4 Å². The van der Waals surface area contributed by atoms with E-state index < -0.39 is 29.1 Å². The van der Waals surface area contributed by atoms with Gasteiger partial charge in [-0.3, -0.25) is 4.79 Å². The Morgan fingerprint density at radius 3 is 2.45 bits per heavy atom. The summed E-state index contributed by atoms with van der Waals surface area (Å²) in [4.78, 5) is 22.8. The van der Waals surface area contributed by atoms with Crippen LogP contribution in [0, 0.1) is 18.6 Å². The lowest BCUT2D eigenvalue weighted by atomic mass is 10.1. The number of amides is 1. The fourth-order valence-corrected chi connectivity index (χ4v) is 1.61. The van der Waals surface area contributed by atoms with Crippen LogP contribution in [0.15, 0.2) is 28.9 Å². The number of halogens is 2. The molecular formula is C13H9F2NO4. The van der Waals surface area contributed by atoms with Gasteiger partial charge in [-0.15, -0.1) is 0 Å². The first kappa shape index (κ1) is 13.7. The molecule has 0 spiro atoms. The molecule has 0 fully saturated rings. The van der Waals surface area contributed by atoms with E-state index in [1.165, 1.54) is 12.3 Å². The van der Waals surface area contributed by atoms with Crippen LogP contribution in [0.3, 0.4) is 0 Å². The van der Waals surface area contributed by atoms with Gasteiger partial charge >= 0.3 is 5.97 Å². The van der Waals surface area contributed by atoms with Crippen LogP contribution in [0.1, 0.15) is 26.5 Å². The first-order valence-electron chi connectivity index (χ1n) is 5.48. The average Bonchev–Trinajstić information content (AvgIpc) is 2.79. The van der Waals surface area contributed by atoms with Crippen LogP contribution in [0.4, 0.5) is 14.5 Å². The molecule has 1 aromatic carbocycles. The molecule has 1 heterocycles. The topological polar surface area (TPSA) is 79.5 Å². The number of aryl methyl sites for hydroxylation is 1. The molecule has 0 bridgehead atoms. The highest BCUT2D eigenvalue weighted by atomic mass is 19.2. The predicted molar refractivity (Wildman–Crippen MR) is 64.7 cm³/mol. The second-order valence-corrected chi connectivity index (χ2v) is 4.00. The molecule has 2 N–H and O–H groups in total. The van der Waals surface area contributed by atoms with Gasteiger partial charge in [0.25, 0.3) is 5.91 Å². The van der Waals surface area contributed by atoms with E-state index >= 15 is 0 Å². The molecule has 1 amide bonds. The van der Waals surface area contributed by atoms with Crippen molar-refractivity contribution in [3.63, 3.8) is 0 Å². The molecule has 0 radical (unpaired) electrons. The van der Waals surface area contributed by atoms with Gasteiger partial charge in [-0.2, -0.15) is 0 Å². The molecule has 0 aliphatic rings. The van der Waals surface area contributed by atoms with E-state index in [0.717, 1.165) is 0 Å². The van der Waals surface area contributed by atoms with E-state index in [1.54, 1.807) is 6.92 Å². The zero-order chi connectivity index (χ0) is 14.9. The highest BCUT2D eigenvalue weighted by molar-refractivity contribution is 6.06. The van der Waals surface area contributed by atoms with Crippen LogP contribution in [0.5, 0.6) is 0 Å². The van der Waals surface area contributed by atoms with Crippen LogP contribution in [-0.2, 0) is 0 Å². The number of furan rings is 1. The van der Waals surface area contributed by atoms with Crippen molar-refractivity contribution in [1.82, 2.24) is 0 Å². The largest absolute Gasteiger partial charge is 0.478 e. The minimum Gasteiger partial charge on any atom is -0.478 e. The van der Waals surface area contributed by atoms with E-state index in [2.05, 4.69) is 5.32 Å². The first-order valence-corrected chi connectivity index (χ1v) is 5.48. The molecule has 104 valence electrons. The normalized spacial score (nSPS) is 10.3. The Balaban J connectivity index is 2.38. The molecule has 0 atom stereocenters. The number of carboxylic acid groups (broad SMARTS) is 1. The Bertz CT molecular complexity index is 694. The van der Waals surface area contributed by atoms with Crippen molar-refractivity contribution in [1.29, 1.82) is 0 Å². The summed E-state index contributed by atoms with van der Waals surface area (Å²) in [6, 6.07) is 2.65. The van der Waals surface area contributed by atoms with E-state index in [9.17, 15) is 18.4 Å². The molecule has 20 heavy (non-hydrogen) atoms. The van der Waals surface area contributed by atoms with Crippen molar-refractivity contribution in [3.8, 4) is 0 Å². The SMILES string of the molecule is Cc1ccoc1C(=O)Nc1cc(F)c(F)cc1C(=O)O.